The monoisotopic (exact) mass is 443 g/mol. The molecule has 1 aliphatic heterocycles. The van der Waals surface area contributed by atoms with Crippen molar-refractivity contribution in [2.45, 2.75) is 38.6 Å². The largest absolute Gasteiger partial charge is 0.352 e. The number of nitrogens with one attached hydrogen (secondary N) is 1. The van der Waals surface area contributed by atoms with Gasteiger partial charge >= 0.3 is 0 Å². The van der Waals surface area contributed by atoms with Crippen molar-refractivity contribution in [1.29, 1.82) is 0 Å². The van der Waals surface area contributed by atoms with Gasteiger partial charge in [-0.05, 0) is 68.7 Å². The molecule has 3 rings (SSSR count). The summed E-state index contributed by atoms with van der Waals surface area (Å²) in [7, 11) is -3.42. The van der Waals surface area contributed by atoms with Gasteiger partial charge in [0.1, 0.15) is 0 Å². The molecule has 1 saturated heterocycles. The van der Waals surface area contributed by atoms with E-state index < -0.39 is 10.0 Å². The first-order valence-electron chi connectivity index (χ1n) is 11.1. The number of para-hydroxylation sites is 1. The fourth-order valence-corrected chi connectivity index (χ4v) is 4.78. The van der Waals surface area contributed by atoms with Crippen LogP contribution in [-0.4, -0.2) is 51.7 Å². The number of nitrogens with zero attached hydrogens (tertiary/aromatic N) is 2. The van der Waals surface area contributed by atoms with Crippen LogP contribution in [0.3, 0.4) is 0 Å². The number of anilines is 1. The average molecular weight is 444 g/mol. The molecule has 2 aromatic carbocycles. The maximum atomic E-state index is 12.4. The summed E-state index contributed by atoms with van der Waals surface area (Å²) in [5.41, 5.74) is 2.03. The Morgan fingerprint density at radius 3 is 2.23 bits per heavy atom. The summed E-state index contributed by atoms with van der Waals surface area (Å²) < 4.78 is 25.9. The first kappa shape index (κ1) is 23.3. The molecule has 1 N–H and O–H groups in total. The van der Waals surface area contributed by atoms with Crippen molar-refractivity contribution in [3.8, 4) is 0 Å². The van der Waals surface area contributed by atoms with Crippen LogP contribution in [0, 0.1) is 0 Å². The molecule has 1 aliphatic rings. The van der Waals surface area contributed by atoms with E-state index >= 15 is 0 Å². The fourth-order valence-electron chi connectivity index (χ4n) is 3.89. The van der Waals surface area contributed by atoms with Crippen LogP contribution in [0.2, 0.25) is 0 Å². The van der Waals surface area contributed by atoms with Crippen molar-refractivity contribution in [2.24, 2.45) is 0 Å². The van der Waals surface area contributed by atoms with Crippen LogP contribution < -0.4 is 9.62 Å². The second-order valence-corrected chi connectivity index (χ2v) is 10.1. The number of hydrogen-bond donors (Lipinski definition) is 1. The summed E-state index contributed by atoms with van der Waals surface area (Å²) >= 11 is 0. The van der Waals surface area contributed by atoms with Crippen molar-refractivity contribution in [2.75, 3.05) is 36.7 Å². The van der Waals surface area contributed by atoms with Gasteiger partial charge in [-0.25, -0.2) is 8.42 Å². The Balaban J connectivity index is 1.51. The number of sulfonamides is 1. The van der Waals surface area contributed by atoms with E-state index in [1.165, 1.54) is 49.3 Å². The normalized spacial score (nSPS) is 15.3. The Morgan fingerprint density at radius 2 is 1.61 bits per heavy atom. The summed E-state index contributed by atoms with van der Waals surface area (Å²) in [6.45, 7) is 4.25. The number of carbonyl (C=O) groups excluding carboxylic acids is 1. The molecule has 1 amide bonds. The zero-order chi connectivity index (χ0) is 22.1. The topological polar surface area (TPSA) is 69.7 Å². The lowest BCUT2D eigenvalue weighted by atomic mass is 10.1. The van der Waals surface area contributed by atoms with Gasteiger partial charge in [-0.1, -0.05) is 43.2 Å². The molecule has 0 aliphatic carbocycles. The molecule has 0 radical (unpaired) electrons. The highest BCUT2D eigenvalue weighted by Crippen LogP contribution is 2.20. The molecular weight excluding hydrogens is 410 g/mol. The van der Waals surface area contributed by atoms with Gasteiger partial charge in [0.2, 0.25) is 10.0 Å². The predicted molar refractivity (Wildman–Crippen MR) is 126 cm³/mol. The van der Waals surface area contributed by atoms with Crippen molar-refractivity contribution in [1.82, 2.24) is 10.2 Å². The first-order valence-corrected chi connectivity index (χ1v) is 12.9. The van der Waals surface area contributed by atoms with Crippen LogP contribution in [0.25, 0.3) is 0 Å². The molecule has 6 nitrogen and oxygen atoms in total. The molecule has 0 aromatic heterocycles. The minimum atomic E-state index is -3.42. The average Bonchev–Trinajstić information content (AvgIpc) is 3.04. The van der Waals surface area contributed by atoms with E-state index in [4.69, 9.17) is 0 Å². The molecule has 0 spiro atoms. The summed E-state index contributed by atoms with van der Waals surface area (Å²) in [6.07, 6.45) is 7.37. The molecule has 0 bridgehead atoms. The van der Waals surface area contributed by atoms with Crippen LogP contribution in [0.5, 0.6) is 0 Å². The minimum Gasteiger partial charge on any atom is -0.352 e. The van der Waals surface area contributed by atoms with Gasteiger partial charge in [0.15, 0.2) is 0 Å². The van der Waals surface area contributed by atoms with Gasteiger partial charge < -0.3 is 10.2 Å². The maximum Gasteiger partial charge on any atom is 0.251 e. The molecule has 1 fully saturated rings. The molecule has 2 aromatic rings. The Kier molecular flexibility index (Phi) is 8.49. The van der Waals surface area contributed by atoms with Gasteiger partial charge in [0.05, 0.1) is 18.5 Å². The second-order valence-electron chi connectivity index (χ2n) is 8.17. The van der Waals surface area contributed by atoms with Crippen LogP contribution in [-0.2, 0) is 16.6 Å². The van der Waals surface area contributed by atoms with E-state index in [2.05, 4.69) is 10.2 Å². The quantitative estimate of drug-likeness (QED) is 0.601. The lowest BCUT2D eigenvalue weighted by Gasteiger charge is -2.22. The van der Waals surface area contributed by atoms with Crippen molar-refractivity contribution < 1.29 is 13.2 Å². The molecule has 0 saturated carbocycles. The Hall–Kier alpha value is -2.38. The number of rotatable bonds is 9. The third-order valence-corrected chi connectivity index (χ3v) is 6.76. The van der Waals surface area contributed by atoms with E-state index in [9.17, 15) is 13.2 Å². The maximum absolute atomic E-state index is 12.4. The Labute approximate surface area is 186 Å². The SMILES string of the molecule is CS(=O)(=O)N(Cc1ccc(C(=O)NCCCN2CCCCCC2)cc1)c1ccccc1. The molecule has 7 heteroatoms. The molecule has 0 unspecified atom stereocenters. The summed E-state index contributed by atoms with van der Waals surface area (Å²) in [5, 5.41) is 2.99. The summed E-state index contributed by atoms with van der Waals surface area (Å²) in [6, 6.07) is 16.2. The van der Waals surface area contributed by atoms with Crippen LogP contribution in [0.1, 0.15) is 48.0 Å². The highest BCUT2D eigenvalue weighted by atomic mass is 32.2. The summed E-state index contributed by atoms with van der Waals surface area (Å²) in [4.78, 5) is 14.9. The number of hydrogen-bond acceptors (Lipinski definition) is 4. The third-order valence-electron chi connectivity index (χ3n) is 5.62. The van der Waals surface area contributed by atoms with Crippen molar-refractivity contribution in [3.05, 3.63) is 65.7 Å². The number of likely N-dealkylation sites (tertiary alicyclic amines) is 1. The Bertz CT molecular complexity index is 922. The molecule has 168 valence electrons. The van der Waals surface area contributed by atoms with Crippen LogP contribution in [0.4, 0.5) is 5.69 Å². The van der Waals surface area contributed by atoms with Gasteiger partial charge in [-0.3, -0.25) is 9.10 Å². The zero-order valence-electron chi connectivity index (χ0n) is 18.3. The van der Waals surface area contributed by atoms with E-state index in [1.54, 1.807) is 24.3 Å². The third kappa shape index (κ3) is 7.36. The second kappa shape index (κ2) is 11.3. The molecular formula is C24H33N3O3S. The predicted octanol–water partition coefficient (Wildman–Crippen LogP) is 3.65. The highest BCUT2D eigenvalue weighted by Gasteiger charge is 2.18. The number of benzene rings is 2. The van der Waals surface area contributed by atoms with Crippen molar-refractivity contribution >= 4 is 21.6 Å². The number of amides is 1. The lowest BCUT2D eigenvalue weighted by Crippen LogP contribution is -2.30. The lowest BCUT2D eigenvalue weighted by molar-refractivity contribution is 0.0951. The smallest absolute Gasteiger partial charge is 0.251 e. The van der Waals surface area contributed by atoms with E-state index in [0.717, 1.165) is 18.5 Å². The van der Waals surface area contributed by atoms with Gasteiger partial charge in [0, 0.05) is 12.1 Å². The minimum absolute atomic E-state index is 0.0922. The van der Waals surface area contributed by atoms with Crippen LogP contribution in [0.15, 0.2) is 54.6 Å². The standard InChI is InChI=1S/C24H33N3O3S/c1-31(29,30)27(23-10-5-4-6-11-23)20-21-12-14-22(15-13-21)24(28)25-16-9-19-26-17-7-2-3-8-18-26/h4-6,10-15H,2-3,7-9,16-20H2,1H3,(H,25,28). The molecule has 0 atom stereocenters. The Morgan fingerprint density at radius 1 is 0.968 bits per heavy atom. The van der Waals surface area contributed by atoms with Gasteiger partial charge in [-0.15, -0.1) is 0 Å². The highest BCUT2D eigenvalue weighted by molar-refractivity contribution is 7.92. The number of carbonyl (C=O) groups is 1. The van der Waals surface area contributed by atoms with Crippen molar-refractivity contribution in [3.63, 3.8) is 0 Å². The van der Waals surface area contributed by atoms with Gasteiger partial charge in [0.25, 0.3) is 5.91 Å². The van der Waals surface area contributed by atoms with Crippen LogP contribution >= 0.6 is 0 Å². The molecule has 31 heavy (non-hydrogen) atoms. The molecule has 1 heterocycles. The van der Waals surface area contributed by atoms with E-state index in [1.807, 2.05) is 30.3 Å². The first-order chi connectivity index (χ1) is 14.9. The summed E-state index contributed by atoms with van der Waals surface area (Å²) in [5.74, 6) is -0.0922. The zero-order valence-corrected chi connectivity index (χ0v) is 19.1. The van der Waals surface area contributed by atoms with Gasteiger partial charge in [-0.2, -0.15) is 0 Å². The van der Waals surface area contributed by atoms with E-state index in [0.29, 0.717) is 17.8 Å². The van der Waals surface area contributed by atoms with E-state index in [-0.39, 0.29) is 12.5 Å². The fraction of sp³-hybridized carbons (Fsp3) is 0.458.